The number of unbranched alkanes of at least 4 members (excludes halogenated alkanes) is 44. The number of allylic oxidation sites excluding steroid dienone is 7. The van der Waals surface area contributed by atoms with Crippen LogP contribution in [0.5, 0.6) is 0 Å². The molecule has 78 heavy (non-hydrogen) atoms. The Hall–Kier alpha value is -1.54. The minimum Gasteiger partial charge on any atom is -0.756 e. The van der Waals surface area contributed by atoms with Gasteiger partial charge in [0.2, 0.25) is 5.91 Å². The largest absolute Gasteiger partial charge is 0.756 e. The van der Waals surface area contributed by atoms with Crippen molar-refractivity contribution >= 4 is 13.7 Å². The Labute approximate surface area is 486 Å². The zero-order chi connectivity index (χ0) is 57.0. The van der Waals surface area contributed by atoms with Crippen LogP contribution in [-0.2, 0) is 18.4 Å². The van der Waals surface area contributed by atoms with E-state index >= 15 is 0 Å². The number of amides is 1. The second-order valence-corrected chi connectivity index (χ2v) is 25.9. The van der Waals surface area contributed by atoms with Gasteiger partial charge >= 0.3 is 0 Å². The predicted molar refractivity (Wildman–Crippen MR) is 339 cm³/mol. The number of nitrogens with one attached hydrogen (secondary N) is 1. The van der Waals surface area contributed by atoms with E-state index in [0.29, 0.717) is 17.4 Å². The molecule has 0 saturated heterocycles. The number of hydrogen-bond donors (Lipinski definition) is 2. The number of phosphoric ester groups is 1. The summed E-state index contributed by atoms with van der Waals surface area (Å²) in [6.45, 7) is 4.63. The summed E-state index contributed by atoms with van der Waals surface area (Å²) in [7, 11) is 1.24. The zero-order valence-electron chi connectivity index (χ0n) is 52.6. The molecule has 0 aliphatic rings. The molecular weight excluding hydrogens is 984 g/mol. The molecule has 0 aromatic heterocycles. The van der Waals surface area contributed by atoms with Gasteiger partial charge < -0.3 is 28.8 Å². The predicted octanol–water partition coefficient (Wildman–Crippen LogP) is 20.8. The Balaban J connectivity index is 3.87. The number of likely N-dealkylation sites (N-methyl/N-ethyl adjacent to an activating group) is 1. The molecule has 0 aromatic rings. The van der Waals surface area contributed by atoms with Crippen LogP contribution in [0.4, 0.5) is 0 Å². The van der Waals surface area contributed by atoms with Gasteiger partial charge in [0.1, 0.15) is 13.2 Å². The number of carbonyl (C=O) groups excluding carboxylic acids is 1. The third-order valence-corrected chi connectivity index (χ3v) is 16.5. The van der Waals surface area contributed by atoms with Crippen molar-refractivity contribution in [1.29, 1.82) is 0 Å². The normalized spacial score (nSPS) is 14.0. The third kappa shape index (κ3) is 62.1. The fraction of sp³-hybridized carbons (Fsp3) is 0.870. The fourth-order valence-corrected chi connectivity index (χ4v) is 10.9. The first kappa shape index (κ1) is 76.5. The van der Waals surface area contributed by atoms with E-state index in [1.54, 1.807) is 6.08 Å². The SMILES string of the molecule is CCCCCCC/C=C/CC/C=C/CC/C=C/C(O)C(COP(=O)([O-])OCC[N+](C)(C)C)NC(=O)CCCCCCCCCCCCCCCCCCCCCCCCCCCCCCC/C=C\CCCCCCCCCC. The van der Waals surface area contributed by atoms with E-state index in [-0.39, 0.29) is 12.5 Å². The van der Waals surface area contributed by atoms with E-state index in [2.05, 4.69) is 55.6 Å². The van der Waals surface area contributed by atoms with Gasteiger partial charge in [-0.05, 0) is 70.6 Å². The van der Waals surface area contributed by atoms with Crippen molar-refractivity contribution in [3.63, 3.8) is 0 Å². The van der Waals surface area contributed by atoms with Gasteiger partial charge in [-0.2, -0.15) is 0 Å². The number of hydrogen-bond acceptors (Lipinski definition) is 6. The minimum absolute atomic E-state index is 0.00805. The van der Waals surface area contributed by atoms with Crippen LogP contribution in [0.1, 0.15) is 335 Å². The van der Waals surface area contributed by atoms with Crippen molar-refractivity contribution in [2.45, 2.75) is 347 Å². The summed E-state index contributed by atoms with van der Waals surface area (Å²) in [5.74, 6) is -0.206. The summed E-state index contributed by atoms with van der Waals surface area (Å²) in [5.41, 5.74) is 0. The van der Waals surface area contributed by atoms with E-state index in [4.69, 9.17) is 9.05 Å². The average Bonchev–Trinajstić information content (AvgIpc) is 3.41. The second-order valence-electron chi connectivity index (χ2n) is 24.5. The van der Waals surface area contributed by atoms with Crippen LogP contribution < -0.4 is 10.2 Å². The fourth-order valence-electron chi connectivity index (χ4n) is 10.2. The monoisotopic (exact) mass is 1120 g/mol. The molecule has 0 heterocycles. The van der Waals surface area contributed by atoms with Gasteiger partial charge in [0.05, 0.1) is 39.9 Å². The van der Waals surface area contributed by atoms with Crippen molar-refractivity contribution < 1.29 is 32.9 Å². The molecule has 2 N–H and O–H groups in total. The summed E-state index contributed by atoms with van der Waals surface area (Å²) in [4.78, 5) is 25.5. The van der Waals surface area contributed by atoms with Gasteiger partial charge in [-0.1, -0.05) is 306 Å². The molecule has 8 nitrogen and oxygen atoms in total. The Morgan fingerprint density at radius 3 is 1.04 bits per heavy atom. The summed E-state index contributed by atoms with van der Waals surface area (Å²) in [6, 6.07) is -0.909. The van der Waals surface area contributed by atoms with E-state index in [1.165, 1.54) is 270 Å². The lowest BCUT2D eigenvalue weighted by Gasteiger charge is -2.29. The highest BCUT2D eigenvalue weighted by Gasteiger charge is 2.23. The number of nitrogens with zero attached hydrogens (tertiary/aromatic N) is 1. The van der Waals surface area contributed by atoms with Gasteiger partial charge in [0.25, 0.3) is 7.82 Å². The van der Waals surface area contributed by atoms with Gasteiger partial charge in [0.15, 0.2) is 0 Å². The zero-order valence-corrected chi connectivity index (χ0v) is 53.5. The van der Waals surface area contributed by atoms with Crippen LogP contribution in [-0.4, -0.2) is 68.5 Å². The highest BCUT2D eigenvalue weighted by molar-refractivity contribution is 7.45. The Morgan fingerprint density at radius 1 is 0.436 bits per heavy atom. The molecule has 0 spiro atoms. The number of rotatable bonds is 63. The van der Waals surface area contributed by atoms with Crippen LogP contribution >= 0.6 is 7.82 Å². The lowest BCUT2D eigenvalue weighted by atomic mass is 10.0. The van der Waals surface area contributed by atoms with E-state index in [9.17, 15) is 19.4 Å². The molecule has 0 aromatic carbocycles. The Morgan fingerprint density at radius 2 is 0.718 bits per heavy atom. The lowest BCUT2D eigenvalue weighted by Crippen LogP contribution is -2.45. The van der Waals surface area contributed by atoms with Gasteiger partial charge in [-0.15, -0.1) is 0 Å². The van der Waals surface area contributed by atoms with Crippen LogP contribution in [0.3, 0.4) is 0 Å². The molecule has 0 bridgehead atoms. The Bertz CT molecular complexity index is 1410. The van der Waals surface area contributed by atoms with Gasteiger partial charge in [-0.3, -0.25) is 9.36 Å². The number of aliphatic hydroxyl groups excluding tert-OH is 1. The highest BCUT2D eigenvalue weighted by atomic mass is 31.2. The van der Waals surface area contributed by atoms with Crippen molar-refractivity contribution in [3.8, 4) is 0 Å². The first-order valence-corrected chi connectivity index (χ1v) is 35.5. The van der Waals surface area contributed by atoms with Crippen LogP contribution in [0.25, 0.3) is 0 Å². The van der Waals surface area contributed by atoms with Crippen LogP contribution in [0.15, 0.2) is 48.6 Å². The molecular formula is C69H133N2O6P. The number of aliphatic hydroxyl groups is 1. The number of quaternary nitrogens is 1. The lowest BCUT2D eigenvalue weighted by molar-refractivity contribution is -0.870. The molecule has 3 unspecified atom stereocenters. The number of carbonyl (C=O) groups is 1. The van der Waals surface area contributed by atoms with Crippen molar-refractivity contribution in [1.82, 2.24) is 5.32 Å². The molecule has 0 saturated carbocycles. The average molecular weight is 1120 g/mol. The van der Waals surface area contributed by atoms with E-state index < -0.39 is 26.6 Å². The van der Waals surface area contributed by atoms with Gasteiger partial charge in [0, 0.05) is 6.42 Å². The van der Waals surface area contributed by atoms with Crippen molar-refractivity contribution in [2.75, 3.05) is 40.9 Å². The topological polar surface area (TPSA) is 108 Å². The summed E-state index contributed by atoms with van der Waals surface area (Å²) in [6.07, 6.45) is 81.2. The van der Waals surface area contributed by atoms with Crippen LogP contribution in [0.2, 0.25) is 0 Å². The highest BCUT2D eigenvalue weighted by Crippen LogP contribution is 2.38. The maximum atomic E-state index is 13.0. The molecule has 460 valence electrons. The van der Waals surface area contributed by atoms with Crippen molar-refractivity contribution in [3.05, 3.63) is 48.6 Å². The quantitative estimate of drug-likeness (QED) is 0.0272. The maximum absolute atomic E-state index is 13.0. The number of phosphoric acid groups is 1. The van der Waals surface area contributed by atoms with E-state index in [1.807, 2.05) is 27.2 Å². The maximum Gasteiger partial charge on any atom is 0.268 e. The molecule has 1 amide bonds. The van der Waals surface area contributed by atoms with Crippen LogP contribution in [0, 0.1) is 0 Å². The molecule has 9 heteroatoms. The van der Waals surface area contributed by atoms with Gasteiger partial charge in [-0.25, -0.2) is 0 Å². The summed E-state index contributed by atoms with van der Waals surface area (Å²) in [5, 5.41) is 13.9. The summed E-state index contributed by atoms with van der Waals surface area (Å²) >= 11 is 0. The molecule has 0 fully saturated rings. The third-order valence-electron chi connectivity index (χ3n) is 15.5. The minimum atomic E-state index is -4.61. The first-order valence-electron chi connectivity index (χ1n) is 34.0. The van der Waals surface area contributed by atoms with E-state index in [0.717, 1.165) is 44.9 Å². The molecule has 0 aliphatic heterocycles. The second kappa shape index (κ2) is 60.1. The summed E-state index contributed by atoms with van der Waals surface area (Å²) < 4.78 is 23.3. The standard InChI is InChI=1S/C69H133N2O6P/c1-6-8-10-12-14-16-18-20-22-23-24-25-26-27-28-29-30-31-32-33-34-35-36-37-38-39-40-41-42-43-44-45-46-47-49-51-53-55-57-59-61-63-69(73)70-67(66-77-78(74,75)76-65-64-71(3,4)5)68(72)62-60-58-56-54-52-50-48-21-19-17-15-13-11-9-7-2/h19,21,23-24,52,54,60,62,67-68,72H,6-18,20,22,25-51,53,55-59,61,63-66H2,1-5H3,(H-,70,73,74,75)/b21-19+,24-23-,54-52+,62-60+. The smallest absolute Gasteiger partial charge is 0.268 e. The molecule has 0 rings (SSSR count). The molecule has 3 atom stereocenters. The Kier molecular flexibility index (Phi) is 58.9. The first-order chi connectivity index (χ1) is 38.0. The van der Waals surface area contributed by atoms with Crippen molar-refractivity contribution in [2.24, 2.45) is 0 Å². The molecule has 0 aliphatic carbocycles. The molecule has 0 radical (unpaired) electrons.